The van der Waals surface area contributed by atoms with Crippen LogP contribution in [0, 0.1) is 0 Å². The van der Waals surface area contributed by atoms with E-state index in [1.807, 2.05) is 6.07 Å². The molecule has 0 bridgehead atoms. The van der Waals surface area contributed by atoms with Crippen molar-refractivity contribution in [1.29, 1.82) is 0 Å². The molecule has 1 heterocycles. The van der Waals surface area contributed by atoms with Gasteiger partial charge in [0, 0.05) is 23.1 Å². The predicted molar refractivity (Wildman–Crippen MR) is 132 cm³/mol. The third-order valence-corrected chi connectivity index (χ3v) is 5.67. The number of halogens is 6. The van der Waals surface area contributed by atoms with Crippen LogP contribution in [0.5, 0.6) is 0 Å². The average molecular weight is 546 g/mol. The first-order valence-electron chi connectivity index (χ1n) is 11.4. The van der Waals surface area contributed by atoms with E-state index in [-0.39, 0.29) is 23.4 Å². The third kappa shape index (κ3) is 7.03. The molecule has 4 aromatic rings. The van der Waals surface area contributed by atoms with Crippen molar-refractivity contribution in [3.05, 3.63) is 107 Å². The summed E-state index contributed by atoms with van der Waals surface area (Å²) in [4.78, 5) is 20.7. The number of hydrogen-bond acceptors (Lipinski definition) is 5. The van der Waals surface area contributed by atoms with Crippen LogP contribution >= 0.6 is 0 Å². The molecule has 0 radical (unpaired) electrons. The fraction of sp³-hybridized carbons (Fsp3) is 0.148. The molecule has 12 heteroatoms. The number of carboxylic acids is 1. The highest BCUT2D eigenvalue weighted by Crippen LogP contribution is 2.39. The summed E-state index contributed by atoms with van der Waals surface area (Å²) < 4.78 is 80.4. The fourth-order valence-electron chi connectivity index (χ4n) is 3.78. The normalized spacial score (nSPS) is 12.6. The maximum Gasteiger partial charge on any atom is 0.416 e. The third-order valence-electron chi connectivity index (χ3n) is 5.67. The van der Waals surface area contributed by atoms with E-state index in [2.05, 4.69) is 20.6 Å². The van der Waals surface area contributed by atoms with Crippen LogP contribution < -0.4 is 10.6 Å². The van der Waals surface area contributed by atoms with E-state index in [9.17, 15) is 36.2 Å². The monoisotopic (exact) mass is 546 g/mol. The summed E-state index contributed by atoms with van der Waals surface area (Å²) in [6, 6.07) is 18.3. The van der Waals surface area contributed by atoms with Crippen LogP contribution in [0.1, 0.15) is 28.2 Å². The van der Waals surface area contributed by atoms with Crippen LogP contribution in [-0.4, -0.2) is 21.0 Å². The summed E-state index contributed by atoms with van der Waals surface area (Å²) in [5.41, 5.74) is -2.46. The minimum Gasteiger partial charge on any atom is -0.481 e. The number of aliphatic carboxylic acids is 1. The molecule has 1 atom stereocenters. The fourth-order valence-corrected chi connectivity index (χ4v) is 3.78. The molecule has 0 amide bonds. The van der Waals surface area contributed by atoms with Gasteiger partial charge in [0.2, 0.25) is 5.95 Å². The van der Waals surface area contributed by atoms with Crippen molar-refractivity contribution in [2.24, 2.45) is 0 Å². The smallest absolute Gasteiger partial charge is 0.416 e. The van der Waals surface area contributed by atoms with Crippen LogP contribution in [0.2, 0.25) is 0 Å². The zero-order valence-electron chi connectivity index (χ0n) is 19.9. The highest BCUT2D eigenvalue weighted by molar-refractivity contribution is 5.77. The molecule has 0 aliphatic rings. The van der Waals surface area contributed by atoms with Gasteiger partial charge in [0.25, 0.3) is 0 Å². The first kappa shape index (κ1) is 27.4. The summed E-state index contributed by atoms with van der Waals surface area (Å²) in [7, 11) is 0. The van der Waals surface area contributed by atoms with Crippen LogP contribution in [0.15, 0.2) is 85.1 Å². The van der Waals surface area contributed by atoms with E-state index in [0.717, 1.165) is 0 Å². The van der Waals surface area contributed by atoms with Gasteiger partial charge in [0.1, 0.15) is 5.82 Å². The SMILES string of the molecule is O=C(O)C(Cc1cnc(Nc2ccccc2)nc1Nc1ccccc1)c1cc(C(F)(F)F)cc(C(F)(F)F)c1. The summed E-state index contributed by atoms with van der Waals surface area (Å²) >= 11 is 0. The van der Waals surface area contributed by atoms with Crippen molar-refractivity contribution in [2.75, 3.05) is 10.6 Å². The molecule has 3 aromatic carbocycles. The Hall–Kier alpha value is -4.61. The number of nitrogens with zero attached hydrogens (tertiary/aromatic N) is 2. The molecule has 202 valence electrons. The van der Waals surface area contributed by atoms with Gasteiger partial charge >= 0.3 is 18.3 Å². The second-order valence-electron chi connectivity index (χ2n) is 8.48. The first-order chi connectivity index (χ1) is 18.4. The standard InChI is InChI=1S/C27H20F6N4O2/c28-26(29,30)18-11-16(12-19(14-18)27(31,32)33)22(24(38)39)13-17-15-34-25(36-21-9-5-2-6-10-21)37-23(17)35-20-7-3-1-4-8-20/h1-12,14-15,22H,13H2,(H,38,39)(H2,34,35,36,37). The van der Waals surface area contributed by atoms with Crippen LogP contribution in [0.25, 0.3) is 0 Å². The molecule has 39 heavy (non-hydrogen) atoms. The minimum atomic E-state index is -5.12. The van der Waals surface area contributed by atoms with Gasteiger partial charge in [-0.25, -0.2) is 4.98 Å². The second-order valence-corrected chi connectivity index (χ2v) is 8.48. The Morgan fingerprint density at radius 1 is 0.795 bits per heavy atom. The molecule has 3 N–H and O–H groups in total. The van der Waals surface area contributed by atoms with E-state index in [1.165, 1.54) is 6.20 Å². The highest BCUT2D eigenvalue weighted by atomic mass is 19.4. The lowest BCUT2D eigenvalue weighted by molar-refractivity contribution is -0.144. The van der Waals surface area contributed by atoms with Gasteiger partial charge in [-0.3, -0.25) is 4.79 Å². The summed E-state index contributed by atoms with van der Waals surface area (Å²) in [6.07, 6.45) is -9.45. The number of rotatable bonds is 8. The maximum absolute atomic E-state index is 13.4. The van der Waals surface area contributed by atoms with Gasteiger partial charge in [0.15, 0.2) is 0 Å². The Bertz CT molecular complexity index is 1410. The predicted octanol–water partition coefficient (Wildman–Crippen LogP) is 7.41. The van der Waals surface area contributed by atoms with Crippen LogP contribution in [-0.2, 0) is 23.6 Å². The topological polar surface area (TPSA) is 87.1 Å². The largest absolute Gasteiger partial charge is 0.481 e. The van der Waals surface area contributed by atoms with Crippen LogP contribution in [0.4, 0.5) is 49.5 Å². The first-order valence-corrected chi connectivity index (χ1v) is 11.4. The lowest BCUT2D eigenvalue weighted by Crippen LogP contribution is -2.19. The summed E-state index contributed by atoms with van der Waals surface area (Å²) in [5.74, 6) is -3.11. The average Bonchev–Trinajstić information content (AvgIpc) is 2.88. The Morgan fingerprint density at radius 2 is 1.31 bits per heavy atom. The number of aromatic nitrogens is 2. The second kappa shape index (κ2) is 11.0. The number of nitrogens with one attached hydrogen (secondary N) is 2. The van der Waals surface area contributed by atoms with E-state index >= 15 is 0 Å². The highest BCUT2D eigenvalue weighted by Gasteiger charge is 2.38. The zero-order valence-corrected chi connectivity index (χ0v) is 19.9. The lowest BCUT2D eigenvalue weighted by Gasteiger charge is -2.20. The quantitative estimate of drug-likeness (QED) is 0.200. The Balaban J connectivity index is 1.76. The number of carboxylic acid groups (broad SMARTS) is 1. The molecular weight excluding hydrogens is 526 g/mol. The van der Waals surface area contributed by atoms with Crippen molar-refractivity contribution in [3.63, 3.8) is 0 Å². The van der Waals surface area contributed by atoms with Crippen molar-refractivity contribution in [1.82, 2.24) is 9.97 Å². The summed E-state index contributed by atoms with van der Waals surface area (Å²) in [5, 5.41) is 15.9. The zero-order chi connectivity index (χ0) is 28.2. The molecule has 6 nitrogen and oxygen atoms in total. The van der Waals surface area contributed by atoms with E-state index in [4.69, 9.17) is 0 Å². The number of benzene rings is 3. The van der Waals surface area contributed by atoms with Crippen molar-refractivity contribution in [2.45, 2.75) is 24.7 Å². The summed E-state index contributed by atoms with van der Waals surface area (Å²) in [6.45, 7) is 0. The molecule has 1 unspecified atom stereocenters. The van der Waals surface area contributed by atoms with E-state index < -0.39 is 47.4 Å². The molecule has 4 rings (SSSR count). The number of para-hydroxylation sites is 2. The molecule has 0 spiro atoms. The Labute approximate surface area is 218 Å². The van der Waals surface area contributed by atoms with Gasteiger partial charge in [-0.2, -0.15) is 31.3 Å². The molecule has 1 aromatic heterocycles. The molecule has 0 fully saturated rings. The number of anilines is 4. The number of hydrogen-bond donors (Lipinski definition) is 3. The Kier molecular flexibility index (Phi) is 7.75. The molecule has 0 aliphatic heterocycles. The maximum atomic E-state index is 13.4. The van der Waals surface area contributed by atoms with Crippen molar-refractivity contribution in [3.8, 4) is 0 Å². The van der Waals surface area contributed by atoms with Gasteiger partial charge in [-0.15, -0.1) is 0 Å². The molecule has 0 saturated carbocycles. The van der Waals surface area contributed by atoms with E-state index in [1.54, 1.807) is 54.6 Å². The van der Waals surface area contributed by atoms with Gasteiger partial charge in [-0.1, -0.05) is 36.4 Å². The molecule has 0 aliphatic carbocycles. The Morgan fingerprint density at radius 3 is 1.79 bits per heavy atom. The lowest BCUT2D eigenvalue weighted by atomic mass is 9.90. The minimum absolute atomic E-state index is 0.0437. The number of carbonyl (C=O) groups is 1. The van der Waals surface area contributed by atoms with Crippen LogP contribution in [0.3, 0.4) is 0 Å². The van der Waals surface area contributed by atoms with Gasteiger partial charge in [-0.05, 0) is 54.4 Å². The molecular formula is C27H20F6N4O2. The van der Waals surface area contributed by atoms with Gasteiger partial charge in [0.05, 0.1) is 17.0 Å². The van der Waals surface area contributed by atoms with Crippen molar-refractivity contribution < 1.29 is 36.2 Å². The van der Waals surface area contributed by atoms with Crippen molar-refractivity contribution >= 4 is 29.1 Å². The molecule has 0 saturated heterocycles. The van der Waals surface area contributed by atoms with Gasteiger partial charge < -0.3 is 15.7 Å². The van der Waals surface area contributed by atoms with E-state index in [0.29, 0.717) is 23.5 Å². The number of alkyl halides is 6.